The first-order chi connectivity index (χ1) is 7.76. The number of aliphatic hydroxyl groups is 1. The lowest BCUT2D eigenvalue weighted by molar-refractivity contribution is -0.121. The van der Waals surface area contributed by atoms with Gasteiger partial charge in [-0.25, -0.2) is 0 Å². The van der Waals surface area contributed by atoms with E-state index in [2.05, 4.69) is 5.32 Å². The molecule has 0 radical (unpaired) electrons. The van der Waals surface area contributed by atoms with Gasteiger partial charge in [-0.3, -0.25) is 4.79 Å². The molecule has 0 saturated heterocycles. The number of nitrogens with one attached hydrogen (secondary N) is 1. The highest BCUT2D eigenvalue weighted by atomic mass is 16.3. The molecule has 0 aromatic rings. The van der Waals surface area contributed by atoms with Crippen molar-refractivity contribution in [2.75, 3.05) is 13.2 Å². The summed E-state index contributed by atoms with van der Waals surface area (Å²) >= 11 is 0. The molecule has 0 aromatic carbocycles. The topological polar surface area (TPSA) is 49.3 Å². The Morgan fingerprint density at radius 1 is 1.38 bits per heavy atom. The highest BCUT2D eigenvalue weighted by molar-refractivity contribution is 5.75. The third kappa shape index (κ3) is 4.97. The van der Waals surface area contributed by atoms with Gasteiger partial charge in [-0.1, -0.05) is 39.0 Å². The monoisotopic (exact) mass is 227 g/mol. The van der Waals surface area contributed by atoms with E-state index in [0.717, 1.165) is 12.3 Å². The smallest absolute Gasteiger partial charge is 0.219 e. The quantitative estimate of drug-likeness (QED) is 0.730. The number of carbonyl (C=O) groups is 1. The molecule has 0 spiro atoms. The van der Waals surface area contributed by atoms with Crippen LogP contribution in [0.25, 0.3) is 0 Å². The molecular weight excluding hydrogens is 202 g/mol. The number of rotatable bonds is 6. The minimum atomic E-state index is 0.0853. The third-order valence-electron chi connectivity index (χ3n) is 3.56. The second kappa shape index (κ2) is 7.66. The molecule has 1 aliphatic rings. The van der Waals surface area contributed by atoms with Gasteiger partial charge in [0.1, 0.15) is 0 Å². The summed E-state index contributed by atoms with van der Waals surface area (Å²) < 4.78 is 0. The lowest BCUT2D eigenvalue weighted by atomic mass is 9.83. The second-order valence-corrected chi connectivity index (χ2v) is 4.95. The largest absolute Gasteiger partial charge is 0.396 e. The Balaban J connectivity index is 2.22. The van der Waals surface area contributed by atoms with E-state index >= 15 is 0 Å². The van der Waals surface area contributed by atoms with Crippen molar-refractivity contribution in [3.05, 3.63) is 0 Å². The molecular formula is C13H25NO2. The van der Waals surface area contributed by atoms with Crippen LogP contribution in [0.4, 0.5) is 0 Å². The van der Waals surface area contributed by atoms with E-state index in [0.29, 0.717) is 13.0 Å². The first-order valence-corrected chi connectivity index (χ1v) is 6.63. The molecule has 0 unspecified atom stereocenters. The molecule has 1 fully saturated rings. The maximum Gasteiger partial charge on any atom is 0.219 e. The minimum absolute atomic E-state index is 0.0853. The van der Waals surface area contributed by atoms with E-state index in [1.165, 1.54) is 32.1 Å². The Kier molecular flexibility index (Phi) is 6.46. The molecule has 0 heterocycles. The minimum Gasteiger partial charge on any atom is -0.396 e. The highest BCUT2D eigenvalue weighted by Crippen LogP contribution is 2.28. The maximum absolute atomic E-state index is 11.1. The predicted octanol–water partition coefficient (Wildman–Crippen LogP) is 2.09. The molecule has 1 atom stereocenters. The molecule has 1 saturated carbocycles. The lowest BCUT2D eigenvalue weighted by Crippen LogP contribution is -2.31. The highest BCUT2D eigenvalue weighted by Gasteiger charge is 2.18. The lowest BCUT2D eigenvalue weighted by Gasteiger charge is -2.25. The van der Waals surface area contributed by atoms with Crippen LogP contribution in [0.1, 0.15) is 51.9 Å². The molecule has 1 rings (SSSR count). The van der Waals surface area contributed by atoms with Gasteiger partial charge in [0.25, 0.3) is 0 Å². The molecule has 2 N–H and O–H groups in total. The van der Waals surface area contributed by atoms with Crippen LogP contribution in [0.15, 0.2) is 0 Å². The van der Waals surface area contributed by atoms with Crippen molar-refractivity contribution in [2.45, 2.75) is 51.9 Å². The van der Waals surface area contributed by atoms with Gasteiger partial charge < -0.3 is 10.4 Å². The number of hydrogen-bond acceptors (Lipinski definition) is 2. The zero-order valence-corrected chi connectivity index (χ0v) is 10.4. The Labute approximate surface area is 98.6 Å². The van der Waals surface area contributed by atoms with Crippen molar-refractivity contribution in [3.63, 3.8) is 0 Å². The maximum atomic E-state index is 11.1. The van der Waals surface area contributed by atoms with Gasteiger partial charge in [-0.15, -0.1) is 0 Å². The van der Waals surface area contributed by atoms with E-state index in [9.17, 15) is 9.90 Å². The van der Waals surface area contributed by atoms with Crippen LogP contribution in [0.2, 0.25) is 0 Å². The summed E-state index contributed by atoms with van der Waals surface area (Å²) in [6.07, 6.45) is 8.25. The van der Waals surface area contributed by atoms with Crippen LogP contribution in [0.3, 0.4) is 0 Å². The summed E-state index contributed by atoms with van der Waals surface area (Å²) in [5, 5.41) is 12.2. The summed E-state index contributed by atoms with van der Waals surface area (Å²) in [4.78, 5) is 11.1. The summed E-state index contributed by atoms with van der Waals surface area (Å²) in [6, 6.07) is 0. The van der Waals surface area contributed by atoms with Crippen LogP contribution in [0, 0.1) is 11.8 Å². The van der Waals surface area contributed by atoms with Gasteiger partial charge >= 0.3 is 0 Å². The summed E-state index contributed by atoms with van der Waals surface area (Å²) in [5.74, 6) is 1.10. The van der Waals surface area contributed by atoms with E-state index < -0.39 is 0 Å². The van der Waals surface area contributed by atoms with E-state index in [1.54, 1.807) is 0 Å². The fourth-order valence-corrected chi connectivity index (χ4v) is 2.50. The van der Waals surface area contributed by atoms with Gasteiger partial charge in [0.05, 0.1) is 0 Å². The Bertz CT molecular complexity index is 200. The van der Waals surface area contributed by atoms with Gasteiger partial charge in [0.15, 0.2) is 0 Å². The van der Waals surface area contributed by atoms with Gasteiger partial charge in [-0.2, -0.15) is 0 Å². The average molecular weight is 227 g/mol. The van der Waals surface area contributed by atoms with Crippen molar-refractivity contribution < 1.29 is 9.90 Å². The number of aliphatic hydroxyl groups excluding tert-OH is 1. The zero-order chi connectivity index (χ0) is 11.8. The average Bonchev–Trinajstić information content (AvgIpc) is 2.35. The van der Waals surface area contributed by atoms with Crippen molar-refractivity contribution in [2.24, 2.45) is 11.8 Å². The molecule has 16 heavy (non-hydrogen) atoms. The molecule has 0 aliphatic heterocycles. The van der Waals surface area contributed by atoms with Gasteiger partial charge in [0, 0.05) is 19.6 Å². The summed E-state index contributed by atoms with van der Waals surface area (Å²) in [5.41, 5.74) is 0. The molecule has 0 aromatic heterocycles. The molecule has 94 valence electrons. The Morgan fingerprint density at radius 2 is 2.06 bits per heavy atom. The predicted molar refractivity (Wildman–Crippen MR) is 65.1 cm³/mol. The van der Waals surface area contributed by atoms with E-state index in [4.69, 9.17) is 0 Å². The van der Waals surface area contributed by atoms with Crippen LogP contribution >= 0.6 is 0 Å². The van der Waals surface area contributed by atoms with Crippen molar-refractivity contribution in [1.29, 1.82) is 0 Å². The number of amides is 1. The van der Waals surface area contributed by atoms with Crippen LogP contribution in [-0.4, -0.2) is 24.2 Å². The van der Waals surface area contributed by atoms with Crippen molar-refractivity contribution in [1.82, 2.24) is 5.32 Å². The summed E-state index contributed by atoms with van der Waals surface area (Å²) in [6.45, 7) is 2.69. The van der Waals surface area contributed by atoms with Crippen LogP contribution < -0.4 is 5.32 Å². The molecule has 0 bridgehead atoms. The van der Waals surface area contributed by atoms with E-state index in [-0.39, 0.29) is 18.4 Å². The molecule has 3 heteroatoms. The van der Waals surface area contributed by atoms with Crippen LogP contribution in [0.5, 0.6) is 0 Å². The first kappa shape index (κ1) is 13.5. The van der Waals surface area contributed by atoms with Crippen LogP contribution in [-0.2, 0) is 4.79 Å². The molecule has 3 nitrogen and oxygen atoms in total. The number of hydrogen-bond donors (Lipinski definition) is 2. The SMILES string of the molecule is CCC(=O)NC[C@H](CO)CC1CCCCC1. The fraction of sp³-hybridized carbons (Fsp3) is 0.923. The normalized spacial score (nSPS) is 19.4. The van der Waals surface area contributed by atoms with Gasteiger partial charge in [-0.05, 0) is 18.3 Å². The van der Waals surface area contributed by atoms with Gasteiger partial charge in [0.2, 0.25) is 5.91 Å². The zero-order valence-electron chi connectivity index (χ0n) is 10.4. The molecule has 1 aliphatic carbocycles. The Hall–Kier alpha value is -0.570. The first-order valence-electron chi connectivity index (χ1n) is 6.63. The van der Waals surface area contributed by atoms with Crippen molar-refractivity contribution >= 4 is 5.91 Å². The Morgan fingerprint density at radius 3 is 2.62 bits per heavy atom. The number of carbonyl (C=O) groups excluding carboxylic acids is 1. The summed E-state index contributed by atoms with van der Waals surface area (Å²) in [7, 11) is 0. The van der Waals surface area contributed by atoms with E-state index in [1.807, 2.05) is 6.92 Å². The fourth-order valence-electron chi connectivity index (χ4n) is 2.50. The second-order valence-electron chi connectivity index (χ2n) is 4.95. The standard InChI is InChI=1S/C13H25NO2/c1-2-13(16)14-9-12(10-15)8-11-6-4-3-5-7-11/h11-12,15H,2-10H2,1H3,(H,14,16)/t12-/m1/s1. The third-order valence-corrected chi connectivity index (χ3v) is 3.56. The molecule has 1 amide bonds. The van der Waals surface area contributed by atoms with Crippen molar-refractivity contribution in [3.8, 4) is 0 Å².